The fourth-order valence-electron chi connectivity index (χ4n) is 4.18. The van der Waals surface area contributed by atoms with Gasteiger partial charge in [0.1, 0.15) is 23.0 Å². The van der Waals surface area contributed by atoms with Crippen LogP contribution in [-0.2, 0) is 6.54 Å². The Morgan fingerprint density at radius 2 is 1.82 bits per heavy atom. The summed E-state index contributed by atoms with van der Waals surface area (Å²) in [6.45, 7) is 5.31. The quantitative estimate of drug-likeness (QED) is 0.459. The van der Waals surface area contributed by atoms with Gasteiger partial charge >= 0.3 is 0 Å². The number of hydrogen-bond donors (Lipinski definition) is 0. The second-order valence-corrected chi connectivity index (χ2v) is 8.35. The van der Waals surface area contributed by atoms with E-state index < -0.39 is 0 Å². The standard InChI is InChI=1S/C26H24FN5O/c1-17-14-19(4-10-22(17)31-15-18(2)28-16-31)5-11-23-29-24(20-6-8-21(27)9-7-20)25-26(33)30(3)12-13-32(23)25/h4-11,14-16H,12-13H2,1-3H3/b11-5+. The average molecular weight is 442 g/mol. The second-order valence-electron chi connectivity index (χ2n) is 8.35. The Morgan fingerprint density at radius 1 is 1.03 bits per heavy atom. The molecule has 33 heavy (non-hydrogen) atoms. The van der Waals surface area contributed by atoms with Gasteiger partial charge in [-0.1, -0.05) is 12.1 Å². The molecule has 2 aromatic heterocycles. The van der Waals surface area contributed by atoms with E-state index in [1.165, 1.54) is 12.1 Å². The minimum atomic E-state index is -0.319. The van der Waals surface area contributed by atoms with Gasteiger partial charge in [-0.3, -0.25) is 4.79 Å². The van der Waals surface area contributed by atoms with Crippen molar-refractivity contribution in [2.24, 2.45) is 0 Å². The van der Waals surface area contributed by atoms with Crippen LogP contribution in [0.1, 0.15) is 33.1 Å². The first-order valence-electron chi connectivity index (χ1n) is 10.8. The number of aryl methyl sites for hydroxylation is 2. The monoisotopic (exact) mass is 441 g/mol. The number of amides is 1. The molecule has 0 bridgehead atoms. The predicted molar refractivity (Wildman–Crippen MR) is 127 cm³/mol. The lowest BCUT2D eigenvalue weighted by Crippen LogP contribution is -2.37. The molecule has 0 atom stereocenters. The van der Waals surface area contributed by atoms with Gasteiger partial charge < -0.3 is 14.0 Å². The summed E-state index contributed by atoms with van der Waals surface area (Å²) in [5.74, 6) is 0.307. The molecule has 0 radical (unpaired) electrons. The largest absolute Gasteiger partial charge is 0.339 e. The third-order valence-corrected chi connectivity index (χ3v) is 5.96. The van der Waals surface area contributed by atoms with Gasteiger partial charge in [0, 0.05) is 37.6 Å². The highest BCUT2D eigenvalue weighted by atomic mass is 19.1. The number of aromatic nitrogens is 4. The minimum absolute atomic E-state index is 0.0800. The number of carbonyl (C=O) groups is 1. The SMILES string of the molecule is Cc1cn(-c2ccc(/C=C/c3nc(-c4ccc(F)cc4)c4n3CCN(C)C4=O)cc2C)cn1. The lowest BCUT2D eigenvalue weighted by molar-refractivity contribution is 0.0750. The van der Waals surface area contributed by atoms with Crippen molar-refractivity contribution in [1.82, 2.24) is 24.0 Å². The molecule has 0 saturated heterocycles. The van der Waals surface area contributed by atoms with Crippen molar-refractivity contribution in [2.75, 3.05) is 13.6 Å². The Hall–Kier alpha value is -4.00. The van der Waals surface area contributed by atoms with E-state index in [9.17, 15) is 9.18 Å². The van der Waals surface area contributed by atoms with Crippen LogP contribution in [0.5, 0.6) is 0 Å². The fourth-order valence-corrected chi connectivity index (χ4v) is 4.18. The number of imidazole rings is 2. The number of carbonyl (C=O) groups excluding carboxylic acids is 1. The summed E-state index contributed by atoms with van der Waals surface area (Å²) in [7, 11) is 1.79. The number of fused-ring (bicyclic) bond motifs is 1. The first-order valence-corrected chi connectivity index (χ1v) is 10.8. The van der Waals surface area contributed by atoms with E-state index in [2.05, 4.69) is 24.0 Å². The van der Waals surface area contributed by atoms with Gasteiger partial charge in [-0.2, -0.15) is 0 Å². The number of hydrogen-bond acceptors (Lipinski definition) is 3. The van der Waals surface area contributed by atoms with Crippen molar-refractivity contribution in [3.05, 3.63) is 89.1 Å². The molecule has 3 heterocycles. The predicted octanol–water partition coefficient (Wildman–Crippen LogP) is 4.75. The van der Waals surface area contributed by atoms with E-state index in [-0.39, 0.29) is 11.7 Å². The normalized spacial score (nSPS) is 13.7. The molecule has 4 aromatic rings. The number of halogens is 1. The third kappa shape index (κ3) is 3.86. The molecule has 1 amide bonds. The maximum atomic E-state index is 13.4. The zero-order valence-corrected chi connectivity index (χ0v) is 18.8. The van der Waals surface area contributed by atoms with E-state index >= 15 is 0 Å². The van der Waals surface area contributed by atoms with Crippen molar-refractivity contribution in [3.63, 3.8) is 0 Å². The van der Waals surface area contributed by atoms with Gasteiger partial charge in [-0.05, 0) is 67.4 Å². The van der Waals surface area contributed by atoms with Gasteiger partial charge in [0.2, 0.25) is 0 Å². The molecule has 0 saturated carbocycles. The molecule has 7 heteroatoms. The Morgan fingerprint density at radius 3 is 2.52 bits per heavy atom. The van der Waals surface area contributed by atoms with Crippen LogP contribution in [0.15, 0.2) is 55.0 Å². The van der Waals surface area contributed by atoms with Gasteiger partial charge in [0.15, 0.2) is 0 Å². The van der Waals surface area contributed by atoms with Crippen LogP contribution in [0.2, 0.25) is 0 Å². The van der Waals surface area contributed by atoms with Crippen LogP contribution in [0.25, 0.3) is 29.1 Å². The van der Waals surface area contributed by atoms with Crippen LogP contribution in [-0.4, -0.2) is 43.5 Å². The van der Waals surface area contributed by atoms with Crippen molar-refractivity contribution in [2.45, 2.75) is 20.4 Å². The van der Waals surface area contributed by atoms with Crippen molar-refractivity contribution in [1.29, 1.82) is 0 Å². The number of likely N-dealkylation sites (N-methyl/N-ethyl adjacent to an activating group) is 1. The molecule has 166 valence electrons. The Balaban J connectivity index is 1.52. The van der Waals surface area contributed by atoms with Crippen LogP contribution in [0.4, 0.5) is 4.39 Å². The molecule has 2 aromatic carbocycles. The molecule has 1 aliphatic rings. The molecular weight excluding hydrogens is 417 g/mol. The summed E-state index contributed by atoms with van der Waals surface area (Å²) in [6.07, 6.45) is 7.75. The zero-order chi connectivity index (χ0) is 23.1. The molecular formula is C26H24FN5O. The van der Waals surface area contributed by atoms with Gasteiger partial charge in [0.05, 0.1) is 12.0 Å². The van der Waals surface area contributed by atoms with Crippen molar-refractivity contribution >= 4 is 18.1 Å². The highest BCUT2D eigenvalue weighted by Crippen LogP contribution is 2.29. The molecule has 0 unspecified atom stereocenters. The van der Waals surface area contributed by atoms with Crippen molar-refractivity contribution in [3.8, 4) is 16.9 Å². The molecule has 6 nitrogen and oxygen atoms in total. The second kappa shape index (κ2) is 8.16. The number of benzene rings is 2. The van der Waals surface area contributed by atoms with E-state index in [0.29, 0.717) is 30.3 Å². The van der Waals surface area contributed by atoms with Crippen molar-refractivity contribution < 1.29 is 9.18 Å². The molecule has 0 N–H and O–H groups in total. The summed E-state index contributed by atoms with van der Waals surface area (Å²) >= 11 is 0. The fraction of sp³-hybridized carbons (Fsp3) is 0.192. The maximum Gasteiger partial charge on any atom is 0.272 e. The van der Waals surface area contributed by atoms with Gasteiger partial charge in [-0.25, -0.2) is 14.4 Å². The van der Waals surface area contributed by atoms with E-state index in [1.54, 1.807) is 24.1 Å². The average Bonchev–Trinajstić information content (AvgIpc) is 3.39. The Kier molecular flexibility index (Phi) is 5.17. The summed E-state index contributed by atoms with van der Waals surface area (Å²) < 4.78 is 17.4. The lowest BCUT2D eigenvalue weighted by Gasteiger charge is -2.25. The molecule has 0 spiro atoms. The van der Waals surface area contributed by atoms with Gasteiger partial charge in [-0.15, -0.1) is 0 Å². The smallest absolute Gasteiger partial charge is 0.272 e. The Labute approximate surface area is 191 Å². The third-order valence-electron chi connectivity index (χ3n) is 5.96. The first kappa shape index (κ1) is 20.9. The lowest BCUT2D eigenvalue weighted by atomic mass is 10.1. The first-order chi connectivity index (χ1) is 15.9. The molecule has 0 fully saturated rings. The van der Waals surface area contributed by atoms with Crippen LogP contribution >= 0.6 is 0 Å². The molecule has 5 rings (SSSR count). The maximum absolute atomic E-state index is 13.4. The summed E-state index contributed by atoms with van der Waals surface area (Å²) in [5, 5.41) is 0. The number of rotatable bonds is 4. The summed E-state index contributed by atoms with van der Waals surface area (Å²) in [5.41, 5.74) is 6.05. The van der Waals surface area contributed by atoms with Crippen LogP contribution < -0.4 is 0 Å². The Bertz CT molecular complexity index is 1380. The highest BCUT2D eigenvalue weighted by molar-refractivity contribution is 5.99. The molecule has 0 aliphatic carbocycles. The summed E-state index contributed by atoms with van der Waals surface area (Å²) in [6, 6.07) is 12.3. The molecule has 1 aliphatic heterocycles. The highest BCUT2D eigenvalue weighted by Gasteiger charge is 2.29. The van der Waals surface area contributed by atoms with E-state index in [4.69, 9.17) is 4.98 Å². The zero-order valence-electron chi connectivity index (χ0n) is 18.8. The van der Waals surface area contributed by atoms with E-state index in [1.807, 2.05) is 46.8 Å². The summed E-state index contributed by atoms with van der Waals surface area (Å²) in [4.78, 5) is 23.7. The number of nitrogens with zero attached hydrogens (tertiary/aromatic N) is 5. The van der Waals surface area contributed by atoms with Gasteiger partial charge in [0.25, 0.3) is 5.91 Å². The van der Waals surface area contributed by atoms with Crippen LogP contribution in [0.3, 0.4) is 0 Å². The minimum Gasteiger partial charge on any atom is -0.339 e. The topological polar surface area (TPSA) is 56.0 Å². The van der Waals surface area contributed by atoms with E-state index in [0.717, 1.165) is 28.1 Å². The van der Waals surface area contributed by atoms with Crippen LogP contribution in [0, 0.1) is 19.7 Å².